The molecule has 1 heterocycles. The zero-order valence-corrected chi connectivity index (χ0v) is 20.6. The summed E-state index contributed by atoms with van der Waals surface area (Å²) in [6.07, 6.45) is -1.71. The topological polar surface area (TPSA) is 68.2 Å². The van der Waals surface area contributed by atoms with E-state index in [-0.39, 0.29) is 28.5 Å². The molecule has 2 N–H and O–H groups in total. The van der Waals surface area contributed by atoms with Crippen molar-refractivity contribution in [3.05, 3.63) is 42.5 Å². The molecule has 0 saturated heterocycles. The maximum absolute atomic E-state index is 12.5. The molecule has 1 saturated carbocycles. The second-order valence-electron chi connectivity index (χ2n) is 11.0. The molecule has 35 heavy (non-hydrogen) atoms. The number of fused-ring (bicyclic) bond motifs is 1. The van der Waals surface area contributed by atoms with Gasteiger partial charge in [0.1, 0.15) is 5.75 Å². The Morgan fingerprint density at radius 1 is 1.03 bits per heavy atom. The van der Waals surface area contributed by atoms with Crippen LogP contribution < -0.4 is 15.4 Å². The smallest absolute Gasteiger partial charge is 0.406 e. The van der Waals surface area contributed by atoms with E-state index in [0.29, 0.717) is 17.3 Å². The fourth-order valence-electron chi connectivity index (χ4n) is 5.68. The maximum atomic E-state index is 12.5. The quantitative estimate of drug-likeness (QED) is 0.392. The number of halogens is 3. The van der Waals surface area contributed by atoms with Gasteiger partial charge in [-0.1, -0.05) is 27.7 Å². The number of imidazole rings is 1. The normalized spacial score (nSPS) is 17.8. The van der Waals surface area contributed by atoms with E-state index in [9.17, 15) is 18.0 Å². The van der Waals surface area contributed by atoms with Crippen LogP contribution in [0.4, 0.5) is 30.5 Å². The van der Waals surface area contributed by atoms with E-state index in [4.69, 9.17) is 4.98 Å². The lowest BCUT2D eigenvalue weighted by molar-refractivity contribution is -0.274. The molecule has 6 nitrogen and oxygen atoms in total. The SMILES string of the molecule is CC(=O)Nc1ccc2c(c1)nc(Nc1ccc(OC(F)(F)F)cc1)n2C1CC(C)(C)CC(C)(C)C1. The fourth-order valence-corrected chi connectivity index (χ4v) is 5.68. The van der Waals surface area contributed by atoms with Crippen LogP contribution in [0.1, 0.15) is 59.9 Å². The van der Waals surface area contributed by atoms with E-state index in [2.05, 4.69) is 47.6 Å². The van der Waals surface area contributed by atoms with Crippen LogP contribution in [0.25, 0.3) is 11.0 Å². The van der Waals surface area contributed by atoms with Gasteiger partial charge in [-0.3, -0.25) is 4.79 Å². The van der Waals surface area contributed by atoms with Crippen molar-refractivity contribution in [2.24, 2.45) is 10.8 Å². The molecule has 0 radical (unpaired) electrons. The predicted molar refractivity (Wildman–Crippen MR) is 131 cm³/mol. The average molecular weight is 489 g/mol. The molecule has 0 spiro atoms. The van der Waals surface area contributed by atoms with Crippen LogP contribution in [0.3, 0.4) is 0 Å². The maximum Gasteiger partial charge on any atom is 0.573 e. The fraction of sp³-hybridized carbons (Fsp3) is 0.462. The summed E-state index contributed by atoms with van der Waals surface area (Å²) in [5.74, 6) is 0.148. The Labute approximate surface area is 202 Å². The van der Waals surface area contributed by atoms with Gasteiger partial charge >= 0.3 is 6.36 Å². The molecule has 1 aliphatic carbocycles. The molecule has 9 heteroatoms. The van der Waals surface area contributed by atoms with E-state index in [1.165, 1.54) is 31.2 Å². The predicted octanol–water partition coefficient (Wildman–Crippen LogP) is 7.41. The number of benzene rings is 2. The number of anilines is 3. The molecule has 1 aromatic heterocycles. The number of amides is 1. The van der Waals surface area contributed by atoms with Crippen molar-refractivity contribution in [1.82, 2.24) is 9.55 Å². The molecular formula is C26H31F3N4O2. The summed E-state index contributed by atoms with van der Waals surface area (Å²) in [7, 11) is 0. The third-order valence-corrected chi connectivity index (χ3v) is 6.25. The van der Waals surface area contributed by atoms with Crippen LogP contribution in [0, 0.1) is 10.8 Å². The lowest BCUT2D eigenvalue weighted by Crippen LogP contribution is -2.35. The van der Waals surface area contributed by atoms with Gasteiger partial charge in [0.05, 0.1) is 11.0 Å². The third kappa shape index (κ3) is 6.07. The summed E-state index contributed by atoms with van der Waals surface area (Å²) in [4.78, 5) is 16.4. The van der Waals surface area contributed by atoms with Gasteiger partial charge in [0.15, 0.2) is 0 Å². The van der Waals surface area contributed by atoms with E-state index < -0.39 is 6.36 Å². The standard InChI is InChI=1S/C26H31F3N4O2/c1-16(34)30-18-8-11-22-21(12-18)32-23(31-17-6-9-20(10-7-17)35-26(27,28)29)33(22)19-13-24(2,3)15-25(4,5)14-19/h6-12,19H,13-15H2,1-5H3,(H,30,34)(H,31,32). The van der Waals surface area contributed by atoms with Crippen LogP contribution in [-0.2, 0) is 4.79 Å². The minimum absolute atomic E-state index is 0.132. The first-order valence-corrected chi connectivity index (χ1v) is 11.6. The van der Waals surface area contributed by atoms with Gasteiger partial charge < -0.3 is 19.9 Å². The highest BCUT2D eigenvalue weighted by Crippen LogP contribution is 2.51. The summed E-state index contributed by atoms with van der Waals surface area (Å²) < 4.78 is 43.7. The van der Waals surface area contributed by atoms with Crippen LogP contribution in [0.15, 0.2) is 42.5 Å². The Bertz CT molecular complexity index is 1210. The Kier molecular flexibility index (Phi) is 6.23. The number of nitrogens with one attached hydrogen (secondary N) is 2. The first-order chi connectivity index (χ1) is 16.2. The highest BCUT2D eigenvalue weighted by molar-refractivity contribution is 5.92. The Hall–Kier alpha value is -3.23. The second kappa shape index (κ2) is 8.77. The number of nitrogens with zero attached hydrogens (tertiary/aromatic N) is 2. The van der Waals surface area contributed by atoms with Gasteiger partial charge in [0, 0.05) is 24.3 Å². The molecule has 188 valence electrons. The number of rotatable bonds is 5. The summed E-state index contributed by atoms with van der Waals surface area (Å²) in [6.45, 7) is 10.6. The number of ether oxygens (including phenoxy) is 1. The molecule has 0 atom stereocenters. The first kappa shape index (κ1) is 24.9. The van der Waals surface area contributed by atoms with Crippen LogP contribution in [0.5, 0.6) is 5.75 Å². The van der Waals surface area contributed by atoms with Crippen molar-refractivity contribution in [2.45, 2.75) is 66.3 Å². The number of carbonyl (C=O) groups excluding carboxylic acids is 1. The number of hydrogen-bond donors (Lipinski definition) is 2. The van der Waals surface area contributed by atoms with Crippen LogP contribution >= 0.6 is 0 Å². The van der Waals surface area contributed by atoms with E-state index >= 15 is 0 Å². The minimum atomic E-state index is -4.74. The molecule has 0 bridgehead atoms. The van der Waals surface area contributed by atoms with E-state index in [1.54, 1.807) is 0 Å². The van der Waals surface area contributed by atoms with Crippen molar-refractivity contribution in [1.29, 1.82) is 0 Å². The zero-order valence-electron chi connectivity index (χ0n) is 20.6. The van der Waals surface area contributed by atoms with Gasteiger partial charge in [0.25, 0.3) is 0 Å². The Morgan fingerprint density at radius 3 is 2.20 bits per heavy atom. The van der Waals surface area contributed by atoms with Crippen molar-refractivity contribution in [3.8, 4) is 5.75 Å². The molecular weight excluding hydrogens is 457 g/mol. The van der Waals surface area contributed by atoms with Gasteiger partial charge in [-0.2, -0.15) is 0 Å². The van der Waals surface area contributed by atoms with E-state index in [1.807, 2.05) is 18.2 Å². The zero-order chi connectivity index (χ0) is 25.6. The molecule has 1 fully saturated rings. The van der Waals surface area contributed by atoms with E-state index in [0.717, 1.165) is 30.3 Å². The molecule has 0 aliphatic heterocycles. The molecule has 1 aliphatic rings. The van der Waals surface area contributed by atoms with Gasteiger partial charge in [-0.25, -0.2) is 4.98 Å². The Balaban J connectivity index is 1.74. The number of aromatic nitrogens is 2. The first-order valence-electron chi connectivity index (χ1n) is 11.6. The van der Waals surface area contributed by atoms with Crippen molar-refractivity contribution < 1.29 is 22.7 Å². The second-order valence-corrected chi connectivity index (χ2v) is 11.0. The summed E-state index contributed by atoms with van der Waals surface area (Å²) >= 11 is 0. The average Bonchev–Trinajstić information content (AvgIpc) is 3.02. The molecule has 0 unspecified atom stereocenters. The summed E-state index contributed by atoms with van der Waals surface area (Å²) in [5.41, 5.74) is 3.15. The molecule has 1 amide bonds. The van der Waals surface area contributed by atoms with Gasteiger partial charge in [-0.05, 0) is 72.6 Å². The summed E-state index contributed by atoms with van der Waals surface area (Å²) in [6, 6.07) is 11.4. The minimum Gasteiger partial charge on any atom is -0.406 e. The summed E-state index contributed by atoms with van der Waals surface area (Å²) in [5, 5.41) is 6.08. The van der Waals surface area contributed by atoms with Crippen LogP contribution in [0.2, 0.25) is 0 Å². The lowest BCUT2D eigenvalue weighted by Gasteiger charge is -2.45. The van der Waals surface area contributed by atoms with Gasteiger partial charge in [0.2, 0.25) is 11.9 Å². The van der Waals surface area contributed by atoms with Crippen molar-refractivity contribution >= 4 is 34.3 Å². The largest absolute Gasteiger partial charge is 0.573 e. The molecule has 3 aromatic rings. The van der Waals surface area contributed by atoms with Crippen LogP contribution in [-0.4, -0.2) is 21.8 Å². The van der Waals surface area contributed by atoms with Crippen molar-refractivity contribution in [2.75, 3.05) is 10.6 Å². The monoisotopic (exact) mass is 488 g/mol. The lowest BCUT2D eigenvalue weighted by atomic mass is 9.63. The molecule has 4 rings (SSSR count). The highest BCUT2D eigenvalue weighted by atomic mass is 19.4. The van der Waals surface area contributed by atoms with Crippen molar-refractivity contribution in [3.63, 3.8) is 0 Å². The highest BCUT2D eigenvalue weighted by Gasteiger charge is 2.40. The Morgan fingerprint density at radius 2 is 1.63 bits per heavy atom. The number of carbonyl (C=O) groups is 1. The number of hydrogen-bond acceptors (Lipinski definition) is 4. The number of alkyl halides is 3. The molecule has 2 aromatic carbocycles. The third-order valence-electron chi connectivity index (χ3n) is 6.25. The van der Waals surface area contributed by atoms with Gasteiger partial charge in [-0.15, -0.1) is 13.2 Å².